The van der Waals surface area contributed by atoms with E-state index in [9.17, 15) is 29.7 Å². The Bertz CT molecular complexity index is 1120. The van der Waals surface area contributed by atoms with Crippen molar-refractivity contribution in [1.29, 1.82) is 0 Å². The van der Waals surface area contributed by atoms with Crippen molar-refractivity contribution in [2.24, 2.45) is 22.7 Å². The first kappa shape index (κ1) is 57.3. The minimum absolute atomic E-state index is 0.103. The standard InChI is InChI=1S/C41H80N2O9.C5H12/c1-36(2,3)51-34(47)29(26-32(45)27-42-14)19-18-23-38(6,7)40(10,11)50-33(46)20-16-17-22-37(4,5)41(12,13)52-35(48)30(21-24-39(8,9)49)25-31(28-44)43-15;1-3-5-4-2/h29-32,42-45,49H,16-28H2,1-15H3;3-5H2,1-2H3. The molecule has 57 heavy (non-hydrogen) atoms. The van der Waals surface area contributed by atoms with Gasteiger partial charge < -0.3 is 40.2 Å². The van der Waals surface area contributed by atoms with Gasteiger partial charge in [0.2, 0.25) is 0 Å². The van der Waals surface area contributed by atoms with Crippen molar-refractivity contribution in [2.45, 2.75) is 228 Å². The molecule has 340 valence electrons. The maximum absolute atomic E-state index is 13.5. The Morgan fingerprint density at radius 2 is 1.12 bits per heavy atom. The Hall–Kier alpha value is -1.79. The number of likely N-dealkylation sites (N-methyl/N-ethyl adjacent to an activating group) is 2. The zero-order valence-corrected chi connectivity index (χ0v) is 39.9. The highest BCUT2D eigenvalue weighted by Crippen LogP contribution is 2.41. The molecular weight excluding hydrogens is 725 g/mol. The highest BCUT2D eigenvalue weighted by molar-refractivity contribution is 5.73. The zero-order valence-electron chi connectivity index (χ0n) is 39.9. The van der Waals surface area contributed by atoms with Crippen molar-refractivity contribution in [3.05, 3.63) is 0 Å². The van der Waals surface area contributed by atoms with E-state index >= 15 is 0 Å². The maximum Gasteiger partial charge on any atom is 0.309 e. The van der Waals surface area contributed by atoms with Gasteiger partial charge in [0, 0.05) is 29.8 Å². The Kier molecular flexibility index (Phi) is 26.6. The van der Waals surface area contributed by atoms with Crippen LogP contribution in [-0.4, -0.2) is 95.0 Å². The summed E-state index contributed by atoms with van der Waals surface area (Å²) in [7, 11) is 3.51. The number of esters is 3. The SMILES string of the molecule is CCCCC.CNCC(O)CC(CCCC(C)(C)C(C)(C)OC(=O)CCCCC(C)(C)C(C)(C)OC(=O)C(CCC(C)(C)O)CC(CO)NC)C(=O)OC(C)(C)C. The number of aliphatic hydroxyl groups is 3. The topological polar surface area (TPSA) is 164 Å². The number of nitrogens with one attached hydrogen (secondary N) is 2. The second-order valence-electron chi connectivity index (χ2n) is 20.3. The van der Waals surface area contributed by atoms with E-state index in [0.717, 1.165) is 12.8 Å². The lowest BCUT2D eigenvalue weighted by atomic mass is 9.72. The Morgan fingerprint density at radius 3 is 1.56 bits per heavy atom. The number of carbonyl (C=O) groups excluding carboxylic acids is 3. The zero-order chi connectivity index (χ0) is 44.9. The van der Waals surface area contributed by atoms with E-state index in [1.54, 1.807) is 27.9 Å². The van der Waals surface area contributed by atoms with E-state index in [2.05, 4.69) is 52.2 Å². The first-order valence-corrected chi connectivity index (χ1v) is 21.9. The molecule has 5 N–H and O–H groups in total. The number of aliphatic hydroxyl groups excluding tert-OH is 2. The molecule has 0 aromatic heterocycles. The van der Waals surface area contributed by atoms with Gasteiger partial charge >= 0.3 is 17.9 Å². The van der Waals surface area contributed by atoms with Crippen LogP contribution in [0.5, 0.6) is 0 Å². The molecule has 4 unspecified atom stereocenters. The van der Waals surface area contributed by atoms with Crippen LogP contribution in [0.2, 0.25) is 0 Å². The van der Waals surface area contributed by atoms with Gasteiger partial charge in [0.15, 0.2) is 0 Å². The quantitative estimate of drug-likeness (QED) is 0.0292. The average Bonchev–Trinajstić information content (AvgIpc) is 3.05. The van der Waals surface area contributed by atoms with Crippen molar-refractivity contribution >= 4 is 17.9 Å². The van der Waals surface area contributed by atoms with Gasteiger partial charge in [-0.1, -0.05) is 73.6 Å². The molecule has 0 heterocycles. The number of unbranched alkanes of at least 4 members (excludes halogenated alkanes) is 3. The van der Waals surface area contributed by atoms with Gasteiger partial charge in [-0.25, -0.2) is 0 Å². The minimum atomic E-state index is -0.919. The van der Waals surface area contributed by atoms with Crippen molar-refractivity contribution in [3.63, 3.8) is 0 Å². The van der Waals surface area contributed by atoms with Crippen LogP contribution in [0.3, 0.4) is 0 Å². The summed E-state index contributed by atoms with van der Waals surface area (Å²) in [6.07, 6.45) is 9.36. The summed E-state index contributed by atoms with van der Waals surface area (Å²) in [6, 6.07) is -0.254. The van der Waals surface area contributed by atoms with Gasteiger partial charge in [-0.3, -0.25) is 14.4 Å². The van der Waals surface area contributed by atoms with Crippen LogP contribution in [0.15, 0.2) is 0 Å². The lowest BCUT2D eigenvalue weighted by molar-refractivity contribution is -0.175. The third-order valence-electron chi connectivity index (χ3n) is 11.9. The fourth-order valence-electron chi connectivity index (χ4n) is 6.38. The monoisotopic (exact) mass is 817 g/mol. The second-order valence-corrected chi connectivity index (χ2v) is 20.3. The molecule has 0 spiro atoms. The molecule has 0 fully saturated rings. The average molecular weight is 817 g/mol. The van der Waals surface area contributed by atoms with Crippen LogP contribution in [0.25, 0.3) is 0 Å². The summed E-state index contributed by atoms with van der Waals surface area (Å²) in [6.45, 7) is 29.6. The Balaban J connectivity index is 0. The first-order valence-electron chi connectivity index (χ1n) is 21.9. The smallest absolute Gasteiger partial charge is 0.309 e. The molecule has 0 aliphatic heterocycles. The molecule has 0 aromatic carbocycles. The van der Waals surface area contributed by atoms with Crippen LogP contribution in [-0.2, 0) is 28.6 Å². The maximum atomic E-state index is 13.5. The van der Waals surface area contributed by atoms with Crippen LogP contribution in [0, 0.1) is 22.7 Å². The molecule has 4 atom stereocenters. The molecule has 0 aliphatic carbocycles. The summed E-state index contributed by atoms with van der Waals surface area (Å²) in [5.74, 6) is -1.81. The molecule has 0 rings (SSSR count). The number of ether oxygens (including phenoxy) is 3. The lowest BCUT2D eigenvalue weighted by Crippen LogP contribution is -2.45. The number of carbonyl (C=O) groups is 3. The third-order valence-corrected chi connectivity index (χ3v) is 11.9. The third kappa shape index (κ3) is 24.8. The van der Waals surface area contributed by atoms with Crippen molar-refractivity contribution in [3.8, 4) is 0 Å². The number of hydrogen-bond donors (Lipinski definition) is 5. The molecule has 0 saturated carbocycles. The van der Waals surface area contributed by atoms with Crippen LogP contribution < -0.4 is 10.6 Å². The van der Waals surface area contributed by atoms with E-state index in [-0.39, 0.29) is 42.4 Å². The van der Waals surface area contributed by atoms with Crippen LogP contribution >= 0.6 is 0 Å². The summed E-state index contributed by atoms with van der Waals surface area (Å²) in [5, 5.41) is 36.4. The summed E-state index contributed by atoms with van der Waals surface area (Å²) in [4.78, 5) is 39.5. The molecule has 0 aliphatic rings. The summed E-state index contributed by atoms with van der Waals surface area (Å²) in [5.41, 5.74) is -3.86. The van der Waals surface area contributed by atoms with Gasteiger partial charge in [0.1, 0.15) is 16.8 Å². The van der Waals surface area contributed by atoms with Crippen molar-refractivity contribution in [2.75, 3.05) is 27.2 Å². The van der Waals surface area contributed by atoms with Gasteiger partial charge in [-0.15, -0.1) is 0 Å². The highest BCUT2D eigenvalue weighted by atomic mass is 16.6. The second kappa shape index (κ2) is 26.4. The summed E-state index contributed by atoms with van der Waals surface area (Å²) >= 11 is 0. The highest BCUT2D eigenvalue weighted by Gasteiger charge is 2.43. The predicted octanol–water partition coefficient (Wildman–Crippen LogP) is 8.68. The minimum Gasteiger partial charge on any atom is -0.460 e. The number of hydrogen-bond acceptors (Lipinski definition) is 11. The lowest BCUT2D eigenvalue weighted by Gasteiger charge is -2.42. The molecule has 11 heteroatoms. The predicted molar refractivity (Wildman–Crippen MR) is 233 cm³/mol. The largest absolute Gasteiger partial charge is 0.460 e. The molecule has 0 saturated heterocycles. The van der Waals surface area contributed by atoms with E-state index < -0.39 is 45.8 Å². The molecule has 0 amide bonds. The number of rotatable bonds is 28. The van der Waals surface area contributed by atoms with Crippen molar-refractivity contribution < 1.29 is 43.9 Å². The van der Waals surface area contributed by atoms with Crippen LogP contribution in [0.1, 0.15) is 194 Å². The van der Waals surface area contributed by atoms with Gasteiger partial charge in [0.05, 0.1) is 30.1 Å². The molecule has 0 aromatic rings. The van der Waals surface area contributed by atoms with E-state index in [1.807, 2.05) is 48.5 Å². The molecular formula is C46H92N2O9. The Morgan fingerprint density at radius 1 is 0.632 bits per heavy atom. The fourth-order valence-corrected chi connectivity index (χ4v) is 6.38. The van der Waals surface area contributed by atoms with E-state index in [4.69, 9.17) is 14.2 Å². The van der Waals surface area contributed by atoms with Gasteiger partial charge in [0.25, 0.3) is 0 Å². The normalized spacial score (nSPS) is 15.2. The molecule has 0 bridgehead atoms. The van der Waals surface area contributed by atoms with E-state index in [1.165, 1.54) is 19.3 Å². The molecule has 11 nitrogen and oxygen atoms in total. The molecule has 0 radical (unpaired) electrons. The summed E-state index contributed by atoms with van der Waals surface area (Å²) < 4.78 is 17.9. The Labute approximate surface area is 349 Å². The first-order chi connectivity index (χ1) is 25.9. The van der Waals surface area contributed by atoms with Crippen LogP contribution in [0.4, 0.5) is 0 Å². The van der Waals surface area contributed by atoms with Crippen molar-refractivity contribution in [1.82, 2.24) is 10.6 Å². The van der Waals surface area contributed by atoms with Gasteiger partial charge in [-0.2, -0.15) is 0 Å². The van der Waals surface area contributed by atoms with E-state index in [0.29, 0.717) is 57.9 Å². The fraction of sp³-hybridized carbons (Fsp3) is 0.935. The van der Waals surface area contributed by atoms with Gasteiger partial charge in [-0.05, 0) is 128 Å².